The van der Waals surface area contributed by atoms with E-state index < -0.39 is 35.8 Å². The largest absolute Gasteiger partial charge is 0.452 e. The third-order valence-corrected chi connectivity index (χ3v) is 3.03. The molecule has 136 valence electrons. The number of benzene rings is 2. The van der Waals surface area contributed by atoms with E-state index in [1.165, 1.54) is 42.5 Å². The predicted molar refractivity (Wildman–Crippen MR) is 85.1 cm³/mol. The van der Waals surface area contributed by atoms with Crippen LogP contribution in [0.2, 0.25) is 0 Å². The van der Waals surface area contributed by atoms with Gasteiger partial charge in [0.05, 0.1) is 4.92 Å². The van der Waals surface area contributed by atoms with Crippen LogP contribution in [-0.4, -0.2) is 30.0 Å². The molecule has 0 fully saturated rings. The number of nitro groups is 1. The molecule has 0 atom stereocenters. The lowest BCUT2D eigenvalue weighted by atomic mass is 10.2. The molecule has 0 bridgehead atoms. The molecule has 0 aliphatic heterocycles. The van der Waals surface area contributed by atoms with Crippen LogP contribution in [0.1, 0.15) is 10.4 Å². The van der Waals surface area contributed by atoms with Crippen LogP contribution in [0, 0.1) is 10.1 Å². The van der Waals surface area contributed by atoms with E-state index in [1.807, 2.05) is 0 Å². The SMILES string of the molecule is O=C(COC(=O)c1ccccc1OC(F)F)Nc1ccccc1[N+](=O)[O-]. The van der Waals surface area contributed by atoms with Crippen LogP contribution >= 0.6 is 0 Å². The van der Waals surface area contributed by atoms with Gasteiger partial charge in [-0.05, 0) is 18.2 Å². The Labute approximate surface area is 145 Å². The lowest BCUT2D eigenvalue weighted by Crippen LogP contribution is -2.21. The molecule has 2 aromatic rings. The summed E-state index contributed by atoms with van der Waals surface area (Å²) in [7, 11) is 0. The summed E-state index contributed by atoms with van der Waals surface area (Å²) < 4.78 is 33.6. The van der Waals surface area contributed by atoms with Crippen LogP contribution in [-0.2, 0) is 9.53 Å². The molecule has 8 nitrogen and oxygen atoms in total. The highest BCUT2D eigenvalue weighted by Crippen LogP contribution is 2.23. The molecule has 0 saturated carbocycles. The fraction of sp³-hybridized carbons (Fsp3) is 0.125. The lowest BCUT2D eigenvalue weighted by Gasteiger charge is -2.10. The number of hydrogen-bond acceptors (Lipinski definition) is 6. The van der Waals surface area contributed by atoms with Crippen LogP contribution in [0.15, 0.2) is 48.5 Å². The first-order valence-electron chi connectivity index (χ1n) is 7.12. The second-order valence-electron chi connectivity index (χ2n) is 4.77. The highest BCUT2D eigenvalue weighted by atomic mass is 19.3. The van der Waals surface area contributed by atoms with E-state index in [4.69, 9.17) is 4.74 Å². The first kappa shape index (κ1) is 18.8. The Balaban J connectivity index is 2.00. The Kier molecular flexibility index (Phi) is 6.15. The number of rotatable bonds is 7. The second kappa shape index (κ2) is 8.51. The van der Waals surface area contributed by atoms with Crippen molar-refractivity contribution in [2.24, 2.45) is 0 Å². The molecule has 0 aromatic heterocycles. The molecular formula is C16H12F2N2O6. The number of nitrogens with one attached hydrogen (secondary N) is 1. The normalized spacial score (nSPS) is 10.3. The van der Waals surface area contributed by atoms with E-state index in [0.717, 1.165) is 6.07 Å². The number of anilines is 1. The summed E-state index contributed by atoms with van der Waals surface area (Å²) in [4.78, 5) is 34.0. The zero-order valence-corrected chi connectivity index (χ0v) is 13.1. The summed E-state index contributed by atoms with van der Waals surface area (Å²) in [6.45, 7) is -3.90. The highest BCUT2D eigenvalue weighted by molar-refractivity contribution is 5.97. The van der Waals surface area contributed by atoms with Gasteiger partial charge in [-0.15, -0.1) is 0 Å². The van der Waals surface area contributed by atoms with Crippen LogP contribution in [0.25, 0.3) is 0 Å². The lowest BCUT2D eigenvalue weighted by molar-refractivity contribution is -0.383. The van der Waals surface area contributed by atoms with Gasteiger partial charge in [0.25, 0.3) is 11.6 Å². The Bertz CT molecular complexity index is 828. The number of nitrogens with zero attached hydrogens (tertiary/aromatic N) is 1. The van der Waals surface area contributed by atoms with Gasteiger partial charge in [0, 0.05) is 6.07 Å². The molecule has 0 aliphatic carbocycles. The van der Waals surface area contributed by atoms with Crippen molar-refractivity contribution >= 4 is 23.3 Å². The van der Waals surface area contributed by atoms with Crippen LogP contribution in [0.3, 0.4) is 0 Å². The van der Waals surface area contributed by atoms with Crippen LogP contribution in [0.4, 0.5) is 20.2 Å². The molecule has 26 heavy (non-hydrogen) atoms. The van der Waals surface area contributed by atoms with E-state index in [-0.39, 0.29) is 16.9 Å². The fourth-order valence-corrected chi connectivity index (χ4v) is 1.97. The Morgan fingerprint density at radius 2 is 1.77 bits per heavy atom. The average molecular weight is 366 g/mol. The maximum atomic E-state index is 12.3. The maximum absolute atomic E-state index is 12.3. The minimum Gasteiger partial charge on any atom is -0.452 e. The number of para-hydroxylation sites is 3. The summed E-state index contributed by atoms with van der Waals surface area (Å²) in [6, 6.07) is 10.5. The van der Waals surface area contributed by atoms with E-state index >= 15 is 0 Å². The van der Waals surface area contributed by atoms with Gasteiger partial charge in [-0.2, -0.15) is 8.78 Å². The van der Waals surface area contributed by atoms with Gasteiger partial charge in [-0.25, -0.2) is 4.79 Å². The minimum atomic E-state index is -3.13. The van der Waals surface area contributed by atoms with Gasteiger partial charge in [0.15, 0.2) is 6.61 Å². The Morgan fingerprint density at radius 3 is 2.46 bits per heavy atom. The van der Waals surface area contributed by atoms with Gasteiger partial charge < -0.3 is 14.8 Å². The van der Waals surface area contributed by atoms with Gasteiger partial charge in [-0.3, -0.25) is 14.9 Å². The Morgan fingerprint density at radius 1 is 1.12 bits per heavy atom. The molecule has 1 N–H and O–H groups in total. The zero-order chi connectivity index (χ0) is 19.1. The number of nitro benzene ring substituents is 1. The van der Waals surface area contributed by atoms with Crippen molar-refractivity contribution in [3.8, 4) is 5.75 Å². The zero-order valence-electron chi connectivity index (χ0n) is 13.1. The quantitative estimate of drug-likeness (QED) is 0.458. The van der Waals surface area contributed by atoms with Crippen molar-refractivity contribution in [3.63, 3.8) is 0 Å². The minimum absolute atomic E-state index is 0.0695. The molecule has 1 amide bonds. The van der Waals surface area contributed by atoms with E-state index in [2.05, 4.69) is 10.1 Å². The topological polar surface area (TPSA) is 108 Å². The molecule has 2 aromatic carbocycles. The van der Waals surface area contributed by atoms with Crippen LogP contribution in [0.5, 0.6) is 5.75 Å². The number of carbonyl (C=O) groups is 2. The number of esters is 1. The summed E-state index contributed by atoms with van der Waals surface area (Å²) >= 11 is 0. The first-order valence-corrected chi connectivity index (χ1v) is 7.12. The standard InChI is InChI=1S/C16H12F2N2O6/c17-16(18)26-13-8-4-1-5-10(13)15(22)25-9-14(21)19-11-6-2-3-7-12(11)20(23)24/h1-8,16H,9H2,(H,19,21). The van der Waals surface area contributed by atoms with Gasteiger partial charge in [0.2, 0.25) is 0 Å². The van der Waals surface area contributed by atoms with Crippen molar-refractivity contribution < 1.29 is 32.8 Å². The van der Waals surface area contributed by atoms with Crippen molar-refractivity contribution in [1.29, 1.82) is 0 Å². The molecule has 2 rings (SSSR count). The van der Waals surface area contributed by atoms with E-state index in [0.29, 0.717) is 0 Å². The van der Waals surface area contributed by atoms with Gasteiger partial charge in [0.1, 0.15) is 17.0 Å². The molecule has 0 heterocycles. The molecule has 0 saturated heterocycles. The number of ether oxygens (including phenoxy) is 2. The van der Waals surface area contributed by atoms with Crippen LogP contribution < -0.4 is 10.1 Å². The average Bonchev–Trinajstić information content (AvgIpc) is 2.60. The number of alkyl halides is 2. The Hall–Kier alpha value is -3.56. The molecule has 0 aliphatic rings. The van der Waals surface area contributed by atoms with Crippen molar-refractivity contribution in [2.75, 3.05) is 11.9 Å². The van der Waals surface area contributed by atoms with Gasteiger partial charge in [-0.1, -0.05) is 24.3 Å². The molecule has 10 heteroatoms. The summed E-state index contributed by atoms with van der Waals surface area (Å²) in [5, 5.41) is 13.1. The fourth-order valence-electron chi connectivity index (χ4n) is 1.97. The van der Waals surface area contributed by atoms with Crippen molar-refractivity contribution in [3.05, 3.63) is 64.2 Å². The summed E-state index contributed by atoms with van der Waals surface area (Å²) in [5.41, 5.74) is -0.686. The monoisotopic (exact) mass is 366 g/mol. The molecule has 0 unspecified atom stereocenters. The number of hydrogen-bond donors (Lipinski definition) is 1. The second-order valence-corrected chi connectivity index (χ2v) is 4.77. The number of carbonyl (C=O) groups excluding carboxylic acids is 2. The summed E-state index contributed by atoms with van der Waals surface area (Å²) in [6.07, 6.45) is 0. The molecule has 0 radical (unpaired) electrons. The highest BCUT2D eigenvalue weighted by Gasteiger charge is 2.19. The van der Waals surface area contributed by atoms with E-state index in [9.17, 15) is 28.5 Å². The predicted octanol–water partition coefficient (Wildman–Crippen LogP) is 2.99. The summed E-state index contributed by atoms with van der Waals surface area (Å²) in [5.74, 6) is -2.29. The first-order chi connectivity index (χ1) is 12.4. The number of amides is 1. The third kappa shape index (κ3) is 4.97. The van der Waals surface area contributed by atoms with Crippen molar-refractivity contribution in [2.45, 2.75) is 6.61 Å². The third-order valence-electron chi connectivity index (χ3n) is 3.03. The van der Waals surface area contributed by atoms with Crippen molar-refractivity contribution in [1.82, 2.24) is 0 Å². The molecule has 0 spiro atoms. The smallest absolute Gasteiger partial charge is 0.387 e. The van der Waals surface area contributed by atoms with Gasteiger partial charge >= 0.3 is 12.6 Å². The number of halogens is 2. The maximum Gasteiger partial charge on any atom is 0.387 e. The van der Waals surface area contributed by atoms with E-state index in [1.54, 1.807) is 0 Å². The molecular weight excluding hydrogens is 354 g/mol.